The lowest BCUT2D eigenvalue weighted by molar-refractivity contribution is -0.143. The van der Waals surface area contributed by atoms with Crippen LogP contribution in [0.2, 0.25) is 0 Å². The maximum absolute atomic E-state index is 13.0. The van der Waals surface area contributed by atoms with Crippen molar-refractivity contribution in [3.05, 3.63) is 34.9 Å². The second-order valence-electron chi connectivity index (χ2n) is 8.21. The van der Waals surface area contributed by atoms with E-state index < -0.39 is 35.1 Å². The second-order valence-corrected chi connectivity index (χ2v) is 8.21. The summed E-state index contributed by atoms with van der Waals surface area (Å²) >= 11 is 0. The molecule has 2 saturated heterocycles. The van der Waals surface area contributed by atoms with Crippen LogP contribution < -0.4 is 10.6 Å². The summed E-state index contributed by atoms with van der Waals surface area (Å²) in [4.78, 5) is 11.2. The summed E-state index contributed by atoms with van der Waals surface area (Å²) in [5.74, 6) is -0.00899. The van der Waals surface area contributed by atoms with E-state index in [0.29, 0.717) is 31.5 Å². The van der Waals surface area contributed by atoms with E-state index >= 15 is 0 Å². The minimum Gasteiger partial charge on any atom is -0.372 e. The molecule has 1 unspecified atom stereocenters. The third-order valence-corrected chi connectivity index (χ3v) is 5.64. The fourth-order valence-electron chi connectivity index (χ4n) is 3.66. The summed E-state index contributed by atoms with van der Waals surface area (Å²) < 4.78 is 83.8. The Balaban J connectivity index is 1.69. The number of ether oxygens (including phenoxy) is 1. The van der Waals surface area contributed by atoms with Crippen LogP contribution in [-0.4, -0.2) is 30.1 Å². The highest BCUT2D eigenvalue weighted by atomic mass is 19.4. The molecule has 2 aliphatic rings. The molecule has 0 aromatic heterocycles. The zero-order valence-electron chi connectivity index (χ0n) is 15.9. The molecule has 2 aliphatic heterocycles. The molecule has 10 heteroatoms. The minimum absolute atomic E-state index is 0.00899. The molecule has 0 radical (unpaired) electrons. The number of carbonyl (C=O) groups excluding carboxylic acids is 1. The number of rotatable bonds is 4. The first-order valence-electron chi connectivity index (χ1n) is 9.19. The van der Waals surface area contributed by atoms with Crippen LogP contribution in [0.15, 0.2) is 18.2 Å². The first-order valence-corrected chi connectivity index (χ1v) is 9.19. The summed E-state index contributed by atoms with van der Waals surface area (Å²) in [6.07, 6.45) is -8.94. The summed E-state index contributed by atoms with van der Waals surface area (Å²) in [6, 6.07) is 1.48. The van der Waals surface area contributed by atoms with Gasteiger partial charge in [0.15, 0.2) is 0 Å². The first-order chi connectivity index (χ1) is 13.2. The molecule has 4 nitrogen and oxygen atoms in total. The van der Waals surface area contributed by atoms with Crippen LogP contribution in [0.5, 0.6) is 0 Å². The Morgan fingerprint density at radius 1 is 1.07 bits per heavy atom. The number of benzene rings is 1. The van der Waals surface area contributed by atoms with Crippen molar-refractivity contribution in [1.82, 2.24) is 10.6 Å². The van der Waals surface area contributed by atoms with Gasteiger partial charge in [-0.15, -0.1) is 0 Å². The van der Waals surface area contributed by atoms with Crippen LogP contribution in [0.4, 0.5) is 26.3 Å². The predicted molar refractivity (Wildman–Crippen MR) is 91.9 cm³/mol. The number of alkyl halides is 6. The van der Waals surface area contributed by atoms with Crippen molar-refractivity contribution in [2.75, 3.05) is 13.2 Å². The molecule has 1 aromatic rings. The molecule has 3 rings (SSSR count). The van der Waals surface area contributed by atoms with Gasteiger partial charge < -0.3 is 15.4 Å². The standard InChI is InChI=1S/C19H22F6N2O2/c1-11(12-5-13(18(20,21)22)7-14(6-12)19(23,24)25)29-10-16(2)3-4-17(9-26-16)8-15(28)27-17/h5-7,11,26H,3-4,8-10H2,1-2H3,(H,27,28)/t11-,16-,17?/m1/s1. The third kappa shape index (κ3) is 4.85. The van der Waals surface area contributed by atoms with E-state index in [1.165, 1.54) is 6.92 Å². The molecule has 3 atom stereocenters. The number of nitrogens with one attached hydrogen (secondary N) is 2. The van der Waals surface area contributed by atoms with Crippen LogP contribution >= 0.6 is 0 Å². The van der Waals surface area contributed by atoms with Crippen molar-refractivity contribution >= 4 is 5.91 Å². The Morgan fingerprint density at radius 3 is 2.03 bits per heavy atom. The van der Waals surface area contributed by atoms with Crippen molar-refractivity contribution in [2.45, 2.75) is 62.6 Å². The molecule has 1 amide bonds. The van der Waals surface area contributed by atoms with Crippen LogP contribution in [0.25, 0.3) is 0 Å². The molecule has 29 heavy (non-hydrogen) atoms. The van der Waals surface area contributed by atoms with E-state index in [4.69, 9.17) is 4.74 Å². The van der Waals surface area contributed by atoms with Gasteiger partial charge in [-0.2, -0.15) is 26.3 Å². The van der Waals surface area contributed by atoms with Gasteiger partial charge in [0.05, 0.1) is 35.8 Å². The summed E-state index contributed by atoms with van der Waals surface area (Å²) in [5, 5.41) is 6.16. The van der Waals surface area contributed by atoms with Crippen molar-refractivity contribution in [2.24, 2.45) is 0 Å². The van der Waals surface area contributed by atoms with E-state index in [1.54, 1.807) is 0 Å². The fraction of sp³-hybridized carbons (Fsp3) is 0.632. The van der Waals surface area contributed by atoms with E-state index in [-0.39, 0.29) is 29.7 Å². The molecular formula is C19H22F6N2O2. The number of halogens is 6. The zero-order chi connectivity index (χ0) is 21.7. The van der Waals surface area contributed by atoms with Gasteiger partial charge >= 0.3 is 12.4 Å². The van der Waals surface area contributed by atoms with E-state index in [1.807, 2.05) is 6.92 Å². The maximum Gasteiger partial charge on any atom is 0.416 e. The third-order valence-electron chi connectivity index (χ3n) is 5.64. The van der Waals surface area contributed by atoms with Gasteiger partial charge in [-0.3, -0.25) is 4.79 Å². The zero-order valence-corrected chi connectivity index (χ0v) is 15.9. The highest BCUT2D eigenvalue weighted by Gasteiger charge is 2.48. The van der Waals surface area contributed by atoms with Crippen molar-refractivity contribution in [1.29, 1.82) is 0 Å². The number of hydrogen-bond acceptors (Lipinski definition) is 3. The lowest BCUT2D eigenvalue weighted by atomic mass is 9.75. The number of carbonyl (C=O) groups is 1. The van der Waals surface area contributed by atoms with Gasteiger partial charge in [-0.05, 0) is 50.5 Å². The molecule has 1 spiro atoms. The van der Waals surface area contributed by atoms with Crippen molar-refractivity contribution in [3.63, 3.8) is 0 Å². The molecule has 1 aromatic carbocycles. The molecule has 2 N–H and O–H groups in total. The quantitative estimate of drug-likeness (QED) is 0.563. The smallest absolute Gasteiger partial charge is 0.372 e. The Hall–Kier alpha value is -1.81. The number of piperidine rings is 1. The summed E-state index contributed by atoms with van der Waals surface area (Å²) in [5.41, 5.74) is -3.65. The molecular weight excluding hydrogens is 402 g/mol. The molecule has 0 bridgehead atoms. The normalized spacial score (nSPS) is 28.8. The Bertz CT molecular complexity index is 740. The van der Waals surface area contributed by atoms with Gasteiger partial charge in [0, 0.05) is 12.1 Å². The molecule has 0 aliphatic carbocycles. The van der Waals surface area contributed by atoms with Gasteiger partial charge in [-0.1, -0.05) is 0 Å². The maximum atomic E-state index is 13.0. The number of amides is 1. The fourth-order valence-corrected chi connectivity index (χ4v) is 3.66. The molecule has 2 heterocycles. The SMILES string of the molecule is C[C@@H](OC[C@@]1(C)CCC2(CN1)CC(=O)N2)c1cc(C(F)(F)F)cc(C(F)(F)F)c1. The molecule has 162 valence electrons. The largest absolute Gasteiger partial charge is 0.416 e. The van der Waals surface area contributed by atoms with E-state index in [0.717, 1.165) is 6.42 Å². The molecule has 0 saturated carbocycles. The molecule has 2 fully saturated rings. The highest BCUT2D eigenvalue weighted by Crippen LogP contribution is 2.38. The van der Waals surface area contributed by atoms with Crippen molar-refractivity contribution < 1.29 is 35.9 Å². The van der Waals surface area contributed by atoms with Gasteiger partial charge in [0.1, 0.15) is 0 Å². The van der Waals surface area contributed by atoms with Crippen LogP contribution in [0.3, 0.4) is 0 Å². The van der Waals surface area contributed by atoms with Gasteiger partial charge in [0.25, 0.3) is 0 Å². The monoisotopic (exact) mass is 424 g/mol. The average molecular weight is 424 g/mol. The Morgan fingerprint density at radius 2 is 1.62 bits per heavy atom. The highest BCUT2D eigenvalue weighted by molar-refractivity contribution is 5.84. The van der Waals surface area contributed by atoms with E-state index in [9.17, 15) is 31.1 Å². The number of hydrogen-bond donors (Lipinski definition) is 2. The van der Waals surface area contributed by atoms with Gasteiger partial charge in [-0.25, -0.2) is 0 Å². The second kappa shape index (κ2) is 7.16. The Kier molecular flexibility index (Phi) is 5.40. The van der Waals surface area contributed by atoms with Crippen LogP contribution in [0, 0.1) is 0 Å². The average Bonchev–Trinajstić information content (AvgIpc) is 2.59. The summed E-state index contributed by atoms with van der Waals surface area (Å²) in [6.45, 7) is 3.94. The van der Waals surface area contributed by atoms with Crippen molar-refractivity contribution in [3.8, 4) is 0 Å². The predicted octanol–water partition coefficient (Wildman–Crippen LogP) is 4.20. The van der Waals surface area contributed by atoms with Crippen LogP contribution in [0.1, 0.15) is 55.9 Å². The first kappa shape index (κ1) is 21.9. The lowest BCUT2D eigenvalue weighted by Crippen LogP contribution is -2.71. The minimum atomic E-state index is -4.89. The van der Waals surface area contributed by atoms with E-state index in [2.05, 4.69) is 10.6 Å². The Labute approximate surface area is 164 Å². The van der Waals surface area contributed by atoms with Gasteiger partial charge in [0.2, 0.25) is 5.91 Å². The lowest BCUT2D eigenvalue weighted by Gasteiger charge is -2.50. The number of β-lactam (4-membered cyclic amide) rings is 1. The topological polar surface area (TPSA) is 50.4 Å². The van der Waals surface area contributed by atoms with Crippen LogP contribution in [-0.2, 0) is 21.9 Å². The summed E-state index contributed by atoms with van der Waals surface area (Å²) in [7, 11) is 0.